The number of carbonyl (C=O) groups excluding carboxylic acids is 1. The highest BCUT2D eigenvalue weighted by atomic mass is 32.2. The zero-order valence-corrected chi connectivity index (χ0v) is 43.7. The second kappa shape index (κ2) is 20.3. The molecule has 5 fully saturated rings. The first-order valence-corrected chi connectivity index (χ1v) is 28.1. The Kier molecular flexibility index (Phi) is 13.8. The summed E-state index contributed by atoms with van der Waals surface area (Å²) in [6, 6.07) is 20.3. The summed E-state index contributed by atoms with van der Waals surface area (Å²) in [5.41, 5.74) is 4.41. The number of amides is 1. The molecule has 2 saturated carbocycles. The summed E-state index contributed by atoms with van der Waals surface area (Å²) >= 11 is 0. The van der Waals surface area contributed by atoms with Crippen LogP contribution in [0.15, 0.2) is 77.8 Å². The van der Waals surface area contributed by atoms with Crippen molar-refractivity contribution in [2.45, 2.75) is 120 Å². The summed E-state index contributed by atoms with van der Waals surface area (Å²) < 4.78 is 61.1. The van der Waals surface area contributed by atoms with E-state index in [-0.39, 0.29) is 76.5 Å². The van der Waals surface area contributed by atoms with Crippen LogP contribution in [0.3, 0.4) is 0 Å². The molecule has 11 rings (SSSR count). The molecule has 2 aromatic heterocycles. The molecule has 2 aliphatic carbocycles. The molecule has 17 nitrogen and oxygen atoms in total. The summed E-state index contributed by atoms with van der Waals surface area (Å²) in [6.45, 7) is 14.4. The van der Waals surface area contributed by atoms with Gasteiger partial charge in [-0.25, -0.2) is 13.1 Å². The maximum Gasteiger partial charge on any atom is 0.297 e. The summed E-state index contributed by atoms with van der Waals surface area (Å²) in [5, 5.41) is 16.6. The molecule has 0 radical (unpaired) electrons. The summed E-state index contributed by atoms with van der Waals surface area (Å²) in [7, 11) is -4.71. The van der Waals surface area contributed by atoms with Crippen LogP contribution in [0.25, 0.3) is 11.0 Å². The molecule has 6 heterocycles. The van der Waals surface area contributed by atoms with Gasteiger partial charge in [0, 0.05) is 67.7 Å². The molecular formula is C56H69N7O10S. The van der Waals surface area contributed by atoms with Gasteiger partial charge in [-0.1, -0.05) is 58.4 Å². The Morgan fingerprint density at radius 2 is 1.76 bits per heavy atom. The normalized spacial score (nSPS) is 23.9. The average Bonchev–Trinajstić information content (AvgIpc) is 4.07. The number of H-pyrrole nitrogens is 1. The first kappa shape index (κ1) is 50.2. The van der Waals surface area contributed by atoms with Crippen LogP contribution < -0.4 is 29.1 Å². The summed E-state index contributed by atoms with van der Waals surface area (Å²) in [4.78, 5) is 38.8. The van der Waals surface area contributed by atoms with Gasteiger partial charge in [0.15, 0.2) is 17.2 Å². The number of piperidine rings is 1. The van der Waals surface area contributed by atoms with Crippen LogP contribution in [-0.2, 0) is 19.5 Å². The van der Waals surface area contributed by atoms with Gasteiger partial charge in [-0.15, -0.1) is 0 Å². The largest absolute Gasteiger partial charge is 0.489 e. The fraction of sp³-hybridized carbons (Fsp3) is 0.536. The molecule has 5 aromatic rings. The molecule has 3 aromatic carbocycles. The Morgan fingerprint density at radius 3 is 2.51 bits per heavy atom. The fourth-order valence-electron chi connectivity index (χ4n) is 12.6. The van der Waals surface area contributed by atoms with Gasteiger partial charge in [-0.05, 0) is 115 Å². The average molecular weight is 1030 g/mol. The van der Waals surface area contributed by atoms with Gasteiger partial charge in [0.1, 0.15) is 30.7 Å². The highest BCUT2D eigenvalue weighted by Crippen LogP contribution is 2.50. The Morgan fingerprint density at radius 1 is 0.959 bits per heavy atom. The minimum atomic E-state index is -4.71. The van der Waals surface area contributed by atoms with Crippen molar-refractivity contribution in [3.8, 4) is 23.1 Å². The Balaban J connectivity index is 0.843. The quantitative estimate of drug-likeness (QED) is 0.0701. The number of benzene rings is 3. The number of sulfonamides is 1. The van der Waals surface area contributed by atoms with E-state index in [0.717, 1.165) is 81.8 Å². The number of nitro benzene ring substituents is 1. The van der Waals surface area contributed by atoms with Crippen LogP contribution in [0.1, 0.15) is 119 Å². The number of aromatic amines is 1. The lowest BCUT2D eigenvalue weighted by Crippen LogP contribution is -2.63. The molecule has 1 amide bonds. The van der Waals surface area contributed by atoms with Crippen LogP contribution in [0.4, 0.5) is 17.1 Å². The highest BCUT2D eigenvalue weighted by Gasteiger charge is 2.49. The molecule has 4 atom stereocenters. The van der Waals surface area contributed by atoms with E-state index in [0.29, 0.717) is 43.3 Å². The standard InChI is InChI=1S/C56H69N7O10S/c1-35(2)41-8-5-6-9-42(41)43-10-7-11-46(43)62-33-56(34-62)19-22-61(23-20-56)38-12-13-44(48(27-38)73-50-26-37-16-21-57-52(37)59-54(50)72-31-39-30-69-24-25-70-39)53(64)60-74(67,68)40-28-47(63(65)66)51-49(29-40)71-32-45(58-51)36-14-17-55(3,4)18-15-36/h5-6,8-9,12-13,16,21,26-29,35-36,39,43,45-46,58H,7,10-11,14-15,17-20,22-25,30-34H2,1-4H3,(H,57,59)(H,60,64)/t39-,43+,45+,46+/m0/s1. The molecule has 1 spiro atoms. The fourth-order valence-corrected chi connectivity index (χ4v) is 13.6. The monoisotopic (exact) mass is 1030 g/mol. The first-order valence-electron chi connectivity index (χ1n) is 26.6. The third-order valence-corrected chi connectivity index (χ3v) is 18.2. The lowest BCUT2D eigenvalue weighted by molar-refractivity contribution is -0.384. The maximum absolute atomic E-state index is 14.5. The van der Waals surface area contributed by atoms with E-state index >= 15 is 0 Å². The van der Waals surface area contributed by atoms with Crippen LogP contribution in [0, 0.1) is 26.9 Å². The number of rotatable bonds is 14. The van der Waals surface area contributed by atoms with E-state index in [9.17, 15) is 23.3 Å². The number of carbonyl (C=O) groups is 1. The van der Waals surface area contributed by atoms with Crippen LogP contribution in [0.2, 0.25) is 0 Å². The van der Waals surface area contributed by atoms with Gasteiger partial charge >= 0.3 is 0 Å². The molecule has 394 valence electrons. The topological polar surface area (TPSA) is 200 Å². The zero-order chi connectivity index (χ0) is 51.4. The summed E-state index contributed by atoms with van der Waals surface area (Å²) in [5.74, 6) is 0.727. The molecule has 3 N–H and O–H groups in total. The van der Waals surface area contributed by atoms with Crippen LogP contribution in [-0.4, -0.2) is 112 Å². The van der Waals surface area contributed by atoms with Crippen molar-refractivity contribution >= 4 is 44.0 Å². The van der Waals surface area contributed by atoms with E-state index in [1.165, 1.54) is 36.5 Å². The molecule has 0 bridgehead atoms. The number of hydrogen-bond donors (Lipinski definition) is 3. The van der Waals surface area contributed by atoms with Crippen molar-refractivity contribution in [2.75, 3.05) is 69.4 Å². The van der Waals surface area contributed by atoms with Crippen molar-refractivity contribution in [1.82, 2.24) is 19.6 Å². The molecular weight excluding hydrogens is 963 g/mol. The molecule has 6 aliphatic rings. The van der Waals surface area contributed by atoms with Crippen molar-refractivity contribution in [2.24, 2.45) is 16.7 Å². The van der Waals surface area contributed by atoms with Crippen molar-refractivity contribution in [1.29, 1.82) is 0 Å². The third-order valence-electron chi connectivity index (χ3n) is 16.9. The van der Waals surface area contributed by atoms with Crippen molar-refractivity contribution < 1.29 is 41.8 Å². The number of pyridine rings is 1. The van der Waals surface area contributed by atoms with Gasteiger partial charge in [0.05, 0.1) is 41.2 Å². The van der Waals surface area contributed by atoms with Gasteiger partial charge in [0.25, 0.3) is 27.5 Å². The molecule has 74 heavy (non-hydrogen) atoms. The molecule has 3 saturated heterocycles. The van der Waals surface area contributed by atoms with E-state index in [2.05, 4.69) is 76.8 Å². The minimum Gasteiger partial charge on any atom is -0.489 e. The lowest BCUT2D eigenvalue weighted by atomic mass is 9.70. The third kappa shape index (κ3) is 10.3. The van der Waals surface area contributed by atoms with E-state index in [1.807, 2.05) is 12.1 Å². The van der Waals surface area contributed by atoms with Gasteiger partial charge in [0.2, 0.25) is 0 Å². The highest BCUT2D eigenvalue weighted by molar-refractivity contribution is 7.90. The minimum absolute atomic E-state index is 0.0335. The summed E-state index contributed by atoms with van der Waals surface area (Å²) in [6.07, 6.45) is 11.1. The number of hydrogen-bond acceptors (Lipinski definition) is 14. The van der Waals surface area contributed by atoms with E-state index < -0.39 is 31.4 Å². The SMILES string of the molecule is CC(C)c1ccccc1[C@H]1CCC[C@H]1N1CC2(CCN(c3ccc(C(=O)NS(=O)(=O)c4cc5c(c([N+](=O)[O-])c4)N[C@@H](C4CCC(C)(C)CC4)CO5)c(Oc4cc5cc[nH]c5nc4OC[C@@H]4COCCO4)c3)CC2)C1. The number of ether oxygens (including phenoxy) is 5. The molecule has 18 heteroatoms. The number of nitro groups is 1. The lowest BCUT2D eigenvalue weighted by Gasteiger charge is -2.57. The van der Waals surface area contributed by atoms with E-state index in [1.54, 1.807) is 24.4 Å². The predicted octanol–water partition coefficient (Wildman–Crippen LogP) is 9.93. The molecule has 0 unspecified atom stereocenters. The second-order valence-corrected chi connectivity index (χ2v) is 24.4. The van der Waals surface area contributed by atoms with Crippen molar-refractivity contribution in [3.63, 3.8) is 0 Å². The number of nitrogens with one attached hydrogen (secondary N) is 3. The number of nitrogens with zero attached hydrogens (tertiary/aromatic N) is 4. The maximum atomic E-state index is 14.5. The predicted molar refractivity (Wildman–Crippen MR) is 281 cm³/mol. The number of aromatic nitrogens is 2. The Labute approximate surface area is 433 Å². The number of anilines is 2. The zero-order valence-electron chi connectivity index (χ0n) is 42.9. The van der Waals surface area contributed by atoms with Gasteiger partial charge < -0.3 is 38.9 Å². The number of fused-ring (bicyclic) bond motifs is 2. The number of likely N-dealkylation sites (tertiary alicyclic amines) is 1. The first-order chi connectivity index (χ1) is 35.6. The van der Waals surface area contributed by atoms with Crippen LogP contribution >= 0.6 is 0 Å². The Bertz CT molecular complexity index is 3000. The molecule has 4 aliphatic heterocycles. The smallest absolute Gasteiger partial charge is 0.297 e. The second-order valence-electron chi connectivity index (χ2n) is 22.7. The van der Waals surface area contributed by atoms with Crippen LogP contribution in [0.5, 0.6) is 23.1 Å². The van der Waals surface area contributed by atoms with E-state index in [4.69, 9.17) is 28.7 Å². The van der Waals surface area contributed by atoms with Gasteiger partial charge in [-0.2, -0.15) is 4.98 Å². The van der Waals surface area contributed by atoms with Gasteiger partial charge in [-0.3, -0.25) is 19.8 Å². The Hall–Kier alpha value is -5.95. The van der Waals surface area contributed by atoms with Crippen molar-refractivity contribution in [3.05, 3.63) is 99.7 Å².